The Hall–Kier alpha value is -3.23. The highest BCUT2D eigenvalue weighted by molar-refractivity contribution is 7.14. The van der Waals surface area contributed by atoms with Crippen molar-refractivity contribution in [1.29, 1.82) is 0 Å². The number of nitrogens with one attached hydrogen (secondary N) is 1. The standard InChI is InChI=1S/C22H19N3O3S2/c1-14-23-16(12-29-14)11-28-17-7-5-6-15(10-17)21(26)25-22-24-19(13-30-22)18-8-3-4-9-20(18)27-2/h3-10,12-13H,11H2,1-2H3,(H,24,25,26). The summed E-state index contributed by atoms with van der Waals surface area (Å²) in [4.78, 5) is 21.6. The second-order valence-corrected chi connectivity index (χ2v) is 8.29. The molecule has 6 nitrogen and oxygen atoms in total. The summed E-state index contributed by atoms with van der Waals surface area (Å²) in [5.74, 6) is 1.11. The number of hydrogen-bond acceptors (Lipinski definition) is 7. The Kier molecular flexibility index (Phi) is 6.06. The molecule has 0 atom stereocenters. The number of ether oxygens (including phenoxy) is 2. The molecular weight excluding hydrogens is 418 g/mol. The second-order valence-electron chi connectivity index (χ2n) is 6.37. The van der Waals surface area contributed by atoms with Crippen molar-refractivity contribution in [2.24, 2.45) is 0 Å². The minimum atomic E-state index is -0.245. The van der Waals surface area contributed by atoms with Gasteiger partial charge in [-0.2, -0.15) is 0 Å². The van der Waals surface area contributed by atoms with Gasteiger partial charge in [0.15, 0.2) is 5.13 Å². The largest absolute Gasteiger partial charge is 0.496 e. The van der Waals surface area contributed by atoms with E-state index in [0.717, 1.165) is 27.7 Å². The summed E-state index contributed by atoms with van der Waals surface area (Å²) in [7, 11) is 1.62. The molecule has 2 heterocycles. The van der Waals surface area contributed by atoms with Crippen molar-refractivity contribution in [3.05, 3.63) is 75.6 Å². The van der Waals surface area contributed by atoms with Crippen LogP contribution in [0.15, 0.2) is 59.3 Å². The number of para-hydroxylation sites is 1. The number of thiazole rings is 2. The zero-order chi connectivity index (χ0) is 20.9. The highest BCUT2D eigenvalue weighted by atomic mass is 32.1. The molecule has 1 amide bonds. The van der Waals surface area contributed by atoms with Crippen molar-refractivity contribution < 1.29 is 14.3 Å². The van der Waals surface area contributed by atoms with Gasteiger partial charge in [-0.25, -0.2) is 9.97 Å². The molecule has 4 aromatic rings. The zero-order valence-corrected chi connectivity index (χ0v) is 18.0. The van der Waals surface area contributed by atoms with Crippen LogP contribution in [0.2, 0.25) is 0 Å². The van der Waals surface area contributed by atoms with E-state index in [1.807, 2.05) is 48.0 Å². The van der Waals surface area contributed by atoms with Gasteiger partial charge >= 0.3 is 0 Å². The first-order chi connectivity index (χ1) is 14.6. The van der Waals surface area contributed by atoms with Crippen molar-refractivity contribution in [2.45, 2.75) is 13.5 Å². The zero-order valence-electron chi connectivity index (χ0n) is 16.4. The smallest absolute Gasteiger partial charge is 0.257 e. The summed E-state index contributed by atoms with van der Waals surface area (Å²) in [6.45, 7) is 2.32. The fourth-order valence-electron chi connectivity index (χ4n) is 2.84. The van der Waals surface area contributed by atoms with Gasteiger partial charge in [-0.05, 0) is 37.3 Å². The normalized spacial score (nSPS) is 10.6. The number of benzene rings is 2. The molecule has 152 valence electrons. The van der Waals surface area contributed by atoms with Crippen LogP contribution in [0.25, 0.3) is 11.3 Å². The van der Waals surface area contributed by atoms with E-state index in [0.29, 0.717) is 23.1 Å². The molecule has 0 spiro atoms. The quantitative estimate of drug-likeness (QED) is 0.418. The van der Waals surface area contributed by atoms with E-state index in [-0.39, 0.29) is 5.91 Å². The van der Waals surface area contributed by atoms with Crippen LogP contribution in [-0.2, 0) is 6.61 Å². The van der Waals surface area contributed by atoms with Crippen molar-refractivity contribution in [2.75, 3.05) is 12.4 Å². The van der Waals surface area contributed by atoms with E-state index < -0.39 is 0 Å². The van der Waals surface area contributed by atoms with Crippen molar-refractivity contribution in [1.82, 2.24) is 9.97 Å². The number of carbonyl (C=O) groups is 1. The number of rotatable bonds is 7. The van der Waals surface area contributed by atoms with Gasteiger partial charge in [0.25, 0.3) is 5.91 Å². The van der Waals surface area contributed by atoms with Gasteiger partial charge in [0, 0.05) is 21.9 Å². The van der Waals surface area contributed by atoms with Crippen LogP contribution < -0.4 is 14.8 Å². The third-order valence-electron chi connectivity index (χ3n) is 4.26. The van der Waals surface area contributed by atoms with Crippen LogP contribution in [0.4, 0.5) is 5.13 Å². The molecule has 0 aliphatic heterocycles. The highest BCUT2D eigenvalue weighted by Gasteiger charge is 2.13. The van der Waals surface area contributed by atoms with Gasteiger partial charge in [0.2, 0.25) is 0 Å². The highest BCUT2D eigenvalue weighted by Crippen LogP contribution is 2.32. The Morgan fingerprint density at radius 2 is 1.93 bits per heavy atom. The second kappa shape index (κ2) is 9.06. The predicted molar refractivity (Wildman–Crippen MR) is 120 cm³/mol. The lowest BCUT2D eigenvalue weighted by atomic mass is 10.1. The molecule has 0 radical (unpaired) electrons. The predicted octanol–water partition coefficient (Wildman–Crippen LogP) is 5.41. The van der Waals surface area contributed by atoms with E-state index in [1.165, 1.54) is 11.3 Å². The Morgan fingerprint density at radius 1 is 1.07 bits per heavy atom. The molecule has 8 heteroatoms. The number of hydrogen-bond donors (Lipinski definition) is 1. The number of aryl methyl sites for hydroxylation is 1. The van der Waals surface area contributed by atoms with Crippen LogP contribution in [0, 0.1) is 6.92 Å². The monoisotopic (exact) mass is 437 g/mol. The van der Waals surface area contributed by atoms with Crippen LogP contribution >= 0.6 is 22.7 Å². The summed E-state index contributed by atoms with van der Waals surface area (Å²) >= 11 is 2.95. The Balaban J connectivity index is 1.43. The number of amides is 1. The van der Waals surface area contributed by atoms with Gasteiger partial charge in [0.1, 0.15) is 18.1 Å². The average molecular weight is 438 g/mol. The van der Waals surface area contributed by atoms with E-state index in [4.69, 9.17) is 9.47 Å². The Bertz CT molecular complexity index is 1170. The number of nitrogens with zero attached hydrogens (tertiary/aromatic N) is 2. The number of anilines is 1. The topological polar surface area (TPSA) is 73.3 Å². The van der Waals surface area contributed by atoms with Gasteiger partial charge in [-0.1, -0.05) is 18.2 Å². The fourth-order valence-corrected chi connectivity index (χ4v) is 4.14. The third kappa shape index (κ3) is 4.67. The number of aromatic nitrogens is 2. The molecule has 4 rings (SSSR count). The van der Waals surface area contributed by atoms with Crippen molar-refractivity contribution in [3.8, 4) is 22.8 Å². The molecule has 0 unspecified atom stereocenters. The molecule has 30 heavy (non-hydrogen) atoms. The van der Waals surface area contributed by atoms with Gasteiger partial charge in [-0.15, -0.1) is 22.7 Å². The van der Waals surface area contributed by atoms with Crippen LogP contribution in [0.1, 0.15) is 21.1 Å². The van der Waals surface area contributed by atoms with E-state index in [2.05, 4.69) is 15.3 Å². The molecule has 0 bridgehead atoms. The summed E-state index contributed by atoms with van der Waals surface area (Å²) < 4.78 is 11.2. The van der Waals surface area contributed by atoms with E-state index in [1.54, 1.807) is 36.6 Å². The first-order valence-electron chi connectivity index (χ1n) is 9.16. The van der Waals surface area contributed by atoms with Crippen LogP contribution in [0.3, 0.4) is 0 Å². The lowest BCUT2D eigenvalue weighted by Crippen LogP contribution is -2.11. The maximum Gasteiger partial charge on any atom is 0.257 e. The van der Waals surface area contributed by atoms with Gasteiger partial charge in [0.05, 0.1) is 23.5 Å². The molecule has 0 fully saturated rings. The first-order valence-corrected chi connectivity index (χ1v) is 10.9. The lowest BCUT2D eigenvalue weighted by Gasteiger charge is -2.07. The molecule has 0 saturated heterocycles. The van der Waals surface area contributed by atoms with E-state index in [9.17, 15) is 4.79 Å². The SMILES string of the molecule is COc1ccccc1-c1csc(NC(=O)c2cccc(OCc3csc(C)n3)c2)n1. The van der Waals surface area contributed by atoms with Gasteiger partial charge in [-0.3, -0.25) is 10.1 Å². The lowest BCUT2D eigenvalue weighted by molar-refractivity contribution is 0.102. The molecule has 0 aliphatic carbocycles. The first kappa shape index (κ1) is 20.1. The summed E-state index contributed by atoms with van der Waals surface area (Å²) in [6.07, 6.45) is 0. The fraction of sp³-hybridized carbons (Fsp3) is 0.136. The Labute approximate surface area is 182 Å². The summed E-state index contributed by atoms with van der Waals surface area (Å²) in [5, 5.41) is 8.23. The van der Waals surface area contributed by atoms with Crippen molar-refractivity contribution in [3.63, 3.8) is 0 Å². The summed E-state index contributed by atoms with van der Waals surface area (Å²) in [6, 6.07) is 14.7. The maximum atomic E-state index is 12.7. The Morgan fingerprint density at radius 3 is 2.73 bits per heavy atom. The van der Waals surface area contributed by atoms with E-state index >= 15 is 0 Å². The molecule has 2 aromatic carbocycles. The van der Waals surface area contributed by atoms with Crippen LogP contribution in [0.5, 0.6) is 11.5 Å². The molecule has 1 N–H and O–H groups in total. The average Bonchev–Trinajstić information content (AvgIpc) is 3.41. The molecule has 0 saturated carbocycles. The minimum absolute atomic E-state index is 0.245. The third-order valence-corrected chi connectivity index (χ3v) is 5.84. The maximum absolute atomic E-state index is 12.7. The minimum Gasteiger partial charge on any atom is -0.496 e. The number of methoxy groups -OCH3 is 1. The molecular formula is C22H19N3O3S2. The molecule has 2 aromatic heterocycles. The molecule has 0 aliphatic rings. The van der Waals surface area contributed by atoms with Gasteiger partial charge < -0.3 is 9.47 Å². The number of carbonyl (C=O) groups excluding carboxylic acids is 1. The summed E-state index contributed by atoms with van der Waals surface area (Å²) in [5.41, 5.74) is 3.00. The van der Waals surface area contributed by atoms with Crippen molar-refractivity contribution >= 4 is 33.7 Å². The van der Waals surface area contributed by atoms with Crippen LogP contribution in [-0.4, -0.2) is 23.0 Å².